The van der Waals surface area contributed by atoms with Gasteiger partial charge in [-0.3, -0.25) is 0 Å². The molecule has 0 bridgehead atoms. The van der Waals surface area contributed by atoms with Crippen molar-refractivity contribution in [3.63, 3.8) is 0 Å². The van der Waals surface area contributed by atoms with Gasteiger partial charge in [-0.25, -0.2) is 0 Å². The maximum absolute atomic E-state index is 4.13. The molecular weight excluding hydrogens is 394 g/mol. The third-order valence-corrected chi connectivity index (χ3v) is 7.43. The van der Waals surface area contributed by atoms with Crippen molar-refractivity contribution in [3.8, 4) is 0 Å². The molecule has 0 aliphatic heterocycles. The number of fused-ring (bicyclic) bond motifs is 1. The molecule has 1 aromatic heterocycles. The summed E-state index contributed by atoms with van der Waals surface area (Å²) in [5.74, 6) is 1.71. The number of benzene rings is 2. The molecular formula is C29H39NS. The van der Waals surface area contributed by atoms with E-state index in [1.54, 1.807) is 0 Å². The standard InChI is InChI=1S/C29H39NS/c1-8-10-17-31-28-25-18-24(21(3)4)15-16-26(25)30(27(28)19-29(6,7)9-2)20-23-13-11-22(5)12-14-23/h9,11-16,18,21H,2,8,10,17,19-20H2,1,3-7H3. The van der Waals surface area contributed by atoms with Crippen molar-refractivity contribution in [2.45, 2.75) is 78.2 Å². The van der Waals surface area contributed by atoms with E-state index in [-0.39, 0.29) is 5.41 Å². The van der Waals surface area contributed by atoms with Crippen molar-refractivity contribution in [2.75, 3.05) is 5.75 Å². The summed E-state index contributed by atoms with van der Waals surface area (Å²) in [6.07, 6.45) is 5.60. The van der Waals surface area contributed by atoms with Crippen LogP contribution in [-0.2, 0) is 13.0 Å². The Hall–Kier alpha value is -1.93. The minimum Gasteiger partial charge on any atom is -0.339 e. The summed E-state index contributed by atoms with van der Waals surface area (Å²) in [7, 11) is 0. The quantitative estimate of drug-likeness (QED) is 0.176. The van der Waals surface area contributed by atoms with Crippen LogP contribution in [0.2, 0.25) is 0 Å². The summed E-state index contributed by atoms with van der Waals surface area (Å²) in [6, 6.07) is 16.1. The summed E-state index contributed by atoms with van der Waals surface area (Å²) in [6.45, 7) is 18.7. The number of aromatic nitrogens is 1. The topological polar surface area (TPSA) is 4.93 Å². The monoisotopic (exact) mass is 433 g/mol. The number of hydrogen-bond donors (Lipinski definition) is 0. The fraction of sp³-hybridized carbons (Fsp3) is 0.448. The minimum atomic E-state index is 0.0559. The number of nitrogens with zero attached hydrogens (tertiary/aromatic N) is 1. The summed E-state index contributed by atoms with van der Waals surface area (Å²) in [5, 5.41) is 1.43. The van der Waals surface area contributed by atoms with Crippen LogP contribution < -0.4 is 0 Å². The fourth-order valence-corrected chi connectivity index (χ4v) is 5.27. The van der Waals surface area contributed by atoms with E-state index in [9.17, 15) is 0 Å². The van der Waals surface area contributed by atoms with Crippen LogP contribution >= 0.6 is 11.8 Å². The average molecular weight is 434 g/mol. The number of aryl methyl sites for hydroxylation is 1. The molecule has 1 nitrogen and oxygen atoms in total. The number of rotatable bonds is 10. The Morgan fingerprint density at radius 1 is 1.10 bits per heavy atom. The lowest BCUT2D eigenvalue weighted by Crippen LogP contribution is -2.16. The zero-order chi connectivity index (χ0) is 22.6. The Kier molecular flexibility index (Phi) is 7.75. The molecule has 0 atom stereocenters. The van der Waals surface area contributed by atoms with Crippen LogP contribution in [-0.4, -0.2) is 10.3 Å². The zero-order valence-corrected chi connectivity index (χ0v) is 21.1. The van der Waals surface area contributed by atoms with Crippen LogP contribution in [0.3, 0.4) is 0 Å². The summed E-state index contributed by atoms with van der Waals surface area (Å²) < 4.78 is 2.57. The fourth-order valence-electron chi connectivity index (χ4n) is 3.97. The number of allylic oxidation sites excluding steroid dienone is 1. The second-order valence-corrected chi connectivity index (χ2v) is 11.0. The summed E-state index contributed by atoms with van der Waals surface area (Å²) >= 11 is 2.05. The molecule has 1 heterocycles. The number of thioether (sulfide) groups is 1. The van der Waals surface area contributed by atoms with Crippen LogP contribution in [0.4, 0.5) is 0 Å². The highest BCUT2D eigenvalue weighted by Crippen LogP contribution is 2.40. The predicted octanol–water partition coefficient (Wildman–Crippen LogP) is 8.77. The van der Waals surface area contributed by atoms with E-state index in [0.29, 0.717) is 5.92 Å². The van der Waals surface area contributed by atoms with Gasteiger partial charge in [0.2, 0.25) is 0 Å². The van der Waals surface area contributed by atoms with Crippen molar-refractivity contribution in [2.24, 2.45) is 5.41 Å². The molecule has 0 fully saturated rings. The molecule has 0 N–H and O–H groups in total. The van der Waals surface area contributed by atoms with Gasteiger partial charge >= 0.3 is 0 Å². The normalized spacial score (nSPS) is 12.1. The lowest BCUT2D eigenvalue weighted by molar-refractivity contribution is 0.459. The van der Waals surface area contributed by atoms with E-state index < -0.39 is 0 Å². The first kappa shape index (κ1) is 23.7. The Morgan fingerprint density at radius 3 is 2.42 bits per heavy atom. The molecule has 3 aromatic rings. The highest BCUT2D eigenvalue weighted by Gasteiger charge is 2.24. The van der Waals surface area contributed by atoms with Gasteiger partial charge < -0.3 is 4.57 Å². The summed E-state index contributed by atoms with van der Waals surface area (Å²) in [5.41, 5.74) is 6.97. The van der Waals surface area contributed by atoms with E-state index in [2.05, 4.69) is 113 Å². The second-order valence-electron chi connectivity index (χ2n) is 9.85. The lowest BCUT2D eigenvalue weighted by Gasteiger charge is -2.22. The summed E-state index contributed by atoms with van der Waals surface area (Å²) in [4.78, 5) is 1.48. The smallest absolute Gasteiger partial charge is 0.0497 e. The Bertz CT molecular complexity index is 1020. The van der Waals surface area contributed by atoms with Gasteiger partial charge in [-0.05, 0) is 60.1 Å². The maximum atomic E-state index is 4.13. The molecule has 166 valence electrons. The van der Waals surface area contributed by atoms with E-state index in [0.717, 1.165) is 13.0 Å². The molecule has 2 heteroatoms. The van der Waals surface area contributed by atoms with Crippen LogP contribution in [0.15, 0.2) is 60.0 Å². The van der Waals surface area contributed by atoms with Crippen molar-refractivity contribution < 1.29 is 0 Å². The molecule has 3 rings (SSSR count). The van der Waals surface area contributed by atoms with Gasteiger partial charge in [-0.2, -0.15) is 0 Å². The molecule has 0 spiro atoms. The third kappa shape index (κ3) is 5.66. The van der Waals surface area contributed by atoms with Gasteiger partial charge in [0.05, 0.1) is 0 Å². The lowest BCUT2D eigenvalue weighted by atomic mass is 9.88. The highest BCUT2D eigenvalue weighted by atomic mass is 32.2. The van der Waals surface area contributed by atoms with Gasteiger partial charge in [-0.15, -0.1) is 18.3 Å². The van der Waals surface area contributed by atoms with Gasteiger partial charge in [0.15, 0.2) is 0 Å². The second kappa shape index (κ2) is 10.1. The van der Waals surface area contributed by atoms with Gasteiger partial charge in [0.1, 0.15) is 0 Å². The Labute approximate surface area is 193 Å². The van der Waals surface area contributed by atoms with Crippen LogP contribution in [0.5, 0.6) is 0 Å². The van der Waals surface area contributed by atoms with Crippen molar-refractivity contribution >= 4 is 22.7 Å². The number of hydrogen-bond acceptors (Lipinski definition) is 1. The Morgan fingerprint density at radius 2 is 1.81 bits per heavy atom. The molecule has 0 amide bonds. The largest absolute Gasteiger partial charge is 0.339 e. The zero-order valence-electron chi connectivity index (χ0n) is 20.3. The first-order valence-electron chi connectivity index (χ1n) is 11.7. The SMILES string of the molecule is C=CC(C)(C)Cc1c(SCCCC)c2cc(C(C)C)ccc2n1Cc1ccc(C)cc1. The molecule has 0 aliphatic rings. The van der Waals surface area contributed by atoms with Crippen LogP contribution in [0, 0.1) is 12.3 Å². The van der Waals surface area contributed by atoms with E-state index >= 15 is 0 Å². The first-order valence-corrected chi connectivity index (χ1v) is 12.7. The predicted molar refractivity (Wildman–Crippen MR) is 140 cm³/mol. The van der Waals surface area contributed by atoms with E-state index in [1.165, 1.54) is 56.8 Å². The number of unbranched alkanes of at least 4 members (excludes halogenated alkanes) is 1. The van der Waals surface area contributed by atoms with Gasteiger partial charge in [0.25, 0.3) is 0 Å². The molecule has 0 aliphatic carbocycles. The van der Waals surface area contributed by atoms with Crippen LogP contribution in [0.25, 0.3) is 10.9 Å². The van der Waals surface area contributed by atoms with Gasteiger partial charge in [-0.1, -0.05) is 83.0 Å². The average Bonchev–Trinajstić information content (AvgIpc) is 3.01. The molecule has 0 radical (unpaired) electrons. The minimum absolute atomic E-state index is 0.0559. The maximum Gasteiger partial charge on any atom is 0.0497 e. The molecule has 31 heavy (non-hydrogen) atoms. The van der Waals surface area contributed by atoms with Gasteiger partial charge in [0, 0.05) is 28.0 Å². The van der Waals surface area contributed by atoms with Crippen molar-refractivity contribution in [1.82, 2.24) is 4.57 Å². The van der Waals surface area contributed by atoms with Crippen molar-refractivity contribution in [1.29, 1.82) is 0 Å². The highest BCUT2D eigenvalue weighted by molar-refractivity contribution is 7.99. The van der Waals surface area contributed by atoms with E-state index in [4.69, 9.17) is 0 Å². The Balaban J connectivity index is 2.21. The third-order valence-electron chi connectivity index (χ3n) is 6.19. The molecule has 0 unspecified atom stereocenters. The van der Waals surface area contributed by atoms with E-state index in [1.807, 2.05) is 0 Å². The molecule has 0 saturated heterocycles. The molecule has 0 saturated carbocycles. The molecule has 2 aromatic carbocycles. The van der Waals surface area contributed by atoms with Crippen molar-refractivity contribution in [3.05, 3.63) is 77.5 Å². The first-order chi connectivity index (χ1) is 14.8. The van der Waals surface area contributed by atoms with Crippen LogP contribution in [0.1, 0.15) is 75.8 Å².